The summed E-state index contributed by atoms with van der Waals surface area (Å²) in [4.78, 5) is 4.15. The number of hydrogen-bond donors (Lipinski definition) is 1. The number of rotatable bonds is 1. The van der Waals surface area contributed by atoms with Crippen LogP contribution in [0, 0.1) is 3.57 Å². The second-order valence-electron chi connectivity index (χ2n) is 2.42. The molecule has 6 heteroatoms. The van der Waals surface area contributed by atoms with Crippen LogP contribution < -0.4 is 5.73 Å². The van der Waals surface area contributed by atoms with Crippen LogP contribution in [-0.4, -0.2) is 20.0 Å². The molecular weight excluding hydrogens is 281 g/mol. The lowest BCUT2D eigenvalue weighted by molar-refractivity contribution is 0.778. The van der Waals surface area contributed by atoms with Crippen molar-refractivity contribution in [3.8, 4) is 5.82 Å². The van der Waals surface area contributed by atoms with Gasteiger partial charge in [-0.1, -0.05) is 5.21 Å². The van der Waals surface area contributed by atoms with E-state index in [9.17, 15) is 0 Å². The predicted octanol–water partition coefficient (Wildman–Crippen LogP) is 0.849. The summed E-state index contributed by atoms with van der Waals surface area (Å²) in [5.74, 6) is 0.743. The first-order chi connectivity index (χ1) is 6.27. The first-order valence-corrected chi connectivity index (χ1v) is 4.63. The molecule has 5 nitrogen and oxygen atoms in total. The zero-order valence-corrected chi connectivity index (χ0v) is 8.71. The molecule has 2 aromatic heterocycles. The van der Waals surface area contributed by atoms with E-state index in [1.54, 1.807) is 23.3 Å². The Hall–Kier alpha value is -1.18. The van der Waals surface area contributed by atoms with E-state index in [4.69, 9.17) is 5.73 Å². The SMILES string of the molecule is Nc1cnc(-n2ccnn2)c(I)c1. The highest BCUT2D eigenvalue weighted by atomic mass is 127. The maximum absolute atomic E-state index is 5.57. The van der Waals surface area contributed by atoms with E-state index in [0.717, 1.165) is 9.39 Å². The molecule has 0 bridgehead atoms. The molecule has 2 rings (SSSR count). The van der Waals surface area contributed by atoms with Crippen molar-refractivity contribution in [2.75, 3.05) is 5.73 Å². The highest BCUT2D eigenvalue weighted by molar-refractivity contribution is 14.1. The van der Waals surface area contributed by atoms with Crippen LogP contribution in [0.25, 0.3) is 5.82 Å². The third-order valence-corrected chi connectivity index (χ3v) is 2.28. The largest absolute Gasteiger partial charge is 0.397 e. The number of nitrogen functional groups attached to an aromatic ring is 1. The Morgan fingerprint density at radius 1 is 1.46 bits per heavy atom. The Morgan fingerprint density at radius 2 is 2.31 bits per heavy atom. The third kappa shape index (κ3) is 1.62. The van der Waals surface area contributed by atoms with Crippen LogP contribution in [0.3, 0.4) is 0 Å². The minimum atomic E-state index is 0.647. The van der Waals surface area contributed by atoms with Gasteiger partial charge in [-0.25, -0.2) is 9.67 Å². The molecule has 0 fully saturated rings. The number of halogens is 1. The van der Waals surface area contributed by atoms with Crippen molar-refractivity contribution in [1.29, 1.82) is 0 Å². The van der Waals surface area contributed by atoms with Crippen molar-refractivity contribution in [3.63, 3.8) is 0 Å². The van der Waals surface area contributed by atoms with Crippen molar-refractivity contribution >= 4 is 28.3 Å². The molecule has 0 aliphatic heterocycles. The lowest BCUT2D eigenvalue weighted by Crippen LogP contribution is -2.02. The van der Waals surface area contributed by atoms with Gasteiger partial charge < -0.3 is 5.73 Å². The van der Waals surface area contributed by atoms with Crippen LogP contribution >= 0.6 is 22.6 Å². The van der Waals surface area contributed by atoms with E-state index in [-0.39, 0.29) is 0 Å². The zero-order valence-electron chi connectivity index (χ0n) is 6.55. The van der Waals surface area contributed by atoms with Gasteiger partial charge in [0.05, 0.1) is 27.8 Å². The Bertz CT molecular complexity index is 411. The fourth-order valence-corrected chi connectivity index (χ4v) is 1.68. The fourth-order valence-electron chi connectivity index (χ4n) is 0.935. The lowest BCUT2D eigenvalue weighted by atomic mass is 10.4. The molecule has 66 valence electrons. The van der Waals surface area contributed by atoms with Gasteiger partial charge in [0.25, 0.3) is 0 Å². The van der Waals surface area contributed by atoms with Gasteiger partial charge in [-0.3, -0.25) is 0 Å². The highest BCUT2D eigenvalue weighted by Crippen LogP contribution is 2.15. The molecule has 0 radical (unpaired) electrons. The van der Waals surface area contributed by atoms with Gasteiger partial charge in [-0.2, -0.15) is 0 Å². The molecule has 0 saturated heterocycles. The maximum Gasteiger partial charge on any atom is 0.168 e. The van der Waals surface area contributed by atoms with Gasteiger partial charge in [0.15, 0.2) is 5.82 Å². The molecular formula is C7H6IN5. The Labute approximate surface area is 88.1 Å². The molecule has 0 aliphatic carbocycles. The Balaban J connectivity index is 2.53. The van der Waals surface area contributed by atoms with Gasteiger partial charge in [0.2, 0.25) is 0 Å². The lowest BCUT2D eigenvalue weighted by Gasteiger charge is -2.02. The number of pyridine rings is 1. The van der Waals surface area contributed by atoms with Gasteiger partial charge in [-0.15, -0.1) is 5.10 Å². The predicted molar refractivity (Wildman–Crippen MR) is 56.3 cm³/mol. The van der Waals surface area contributed by atoms with E-state index in [1.165, 1.54) is 0 Å². The van der Waals surface area contributed by atoms with Crippen LogP contribution in [0.1, 0.15) is 0 Å². The van der Waals surface area contributed by atoms with Crippen LogP contribution in [0.4, 0.5) is 5.69 Å². The third-order valence-electron chi connectivity index (χ3n) is 1.48. The van der Waals surface area contributed by atoms with E-state index >= 15 is 0 Å². The molecule has 2 aromatic rings. The van der Waals surface area contributed by atoms with E-state index in [2.05, 4.69) is 37.9 Å². The monoisotopic (exact) mass is 287 g/mol. The first kappa shape index (κ1) is 8.42. The van der Waals surface area contributed by atoms with Crippen LogP contribution in [0.2, 0.25) is 0 Å². The van der Waals surface area contributed by atoms with Crippen LogP contribution in [-0.2, 0) is 0 Å². The Morgan fingerprint density at radius 3 is 2.92 bits per heavy atom. The van der Waals surface area contributed by atoms with Crippen molar-refractivity contribution in [3.05, 3.63) is 28.2 Å². The molecule has 2 N–H and O–H groups in total. The second-order valence-corrected chi connectivity index (χ2v) is 3.58. The smallest absolute Gasteiger partial charge is 0.168 e. The summed E-state index contributed by atoms with van der Waals surface area (Å²) in [5, 5.41) is 7.54. The number of nitrogens with two attached hydrogens (primary N) is 1. The molecule has 0 aliphatic rings. The van der Waals surface area contributed by atoms with Crippen molar-refractivity contribution in [2.45, 2.75) is 0 Å². The Kier molecular flexibility index (Phi) is 2.13. The van der Waals surface area contributed by atoms with Gasteiger partial charge >= 0.3 is 0 Å². The summed E-state index contributed by atoms with van der Waals surface area (Å²) in [6, 6.07) is 1.84. The molecule has 13 heavy (non-hydrogen) atoms. The average Bonchev–Trinajstić information content (AvgIpc) is 2.56. The van der Waals surface area contributed by atoms with Crippen molar-refractivity contribution in [1.82, 2.24) is 20.0 Å². The van der Waals surface area contributed by atoms with Crippen LogP contribution in [0.5, 0.6) is 0 Å². The summed E-state index contributed by atoms with van der Waals surface area (Å²) in [6.45, 7) is 0. The molecule has 2 heterocycles. The van der Waals surface area contributed by atoms with Gasteiger partial charge in [0, 0.05) is 0 Å². The molecule has 0 unspecified atom stereocenters. The van der Waals surface area contributed by atoms with Crippen molar-refractivity contribution < 1.29 is 0 Å². The van der Waals surface area contributed by atoms with Crippen molar-refractivity contribution in [2.24, 2.45) is 0 Å². The molecule has 0 spiro atoms. The first-order valence-electron chi connectivity index (χ1n) is 3.55. The summed E-state index contributed by atoms with van der Waals surface area (Å²) >= 11 is 2.16. The van der Waals surface area contributed by atoms with E-state index < -0.39 is 0 Å². The second kappa shape index (κ2) is 3.29. The minimum absolute atomic E-state index is 0.647. The highest BCUT2D eigenvalue weighted by Gasteiger charge is 2.03. The zero-order chi connectivity index (χ0) is 9.26. The average molecular weight is 287 g/mol. The molecule has 0 amide bonds. The normalized spacial score (nSPS) is 10.2. The van der Waals surface area contributed by atoms with Crippen LogP contribution in [0.15, 0.2) is 24.7 Å². The van der Waals surface area contributed by atoms with E-state index in [1.807, 2.05) is 6.07 Å². The number of anilines is 1. The standard InChI is InChI=1S/C7H6IN5/c8-6-3-5(9)4-10-7(6)13-2-1-11-12-13/h1-4H,9H2. The molecule has 0 atom stereocenters. The maximum atomic E-state index is 5.57. The van der Waals surface area contributed by atoms with Gasteiger partial charge in [-0.05, 0) is 28.7 Å². The number of hydrogen-bond acceptors (Lipinski definition) is 4. The summed E-state index contributed by atoms with van der Waals surface area (Å²) in [5.41, 5.74) is 6.21. The van der Waals surface area contributed by atoms with E-state index in [0.29, 0.717) is 5.69 Å². The summed E-state index contributed by atoms with van der Waals surface area (Å²) < 4.78 is 2.55. The summed E-state index contributed by atoms with van der Waals surface area (Å²) in [7, 11) is 0. The molecule has 0 saturated carbocycles. The van der Waals surface area contributed by atoms with Gasteiger partial charge in [0.1, 0.15) is 0 Å². The number of aromatic nitrogens is 4. The number of nitrogens with zero attached hydrogens (tertiary/aromatic N) is 4. The summed E-state index contributed by atoms with van der Waals surface area (Å²) in [6.07, 6.45) is 4.94. The minimum Gasteiger partial charge on any atom is -0.397 e. The molecule has 0 aromatic carbocycles. The quantitative estimate of drug-likeness (QED) is 0.789. The fraction of sp³-hybridized carbons (Fsp3) is 0. The topological polar surface area (TPSA) is 69.6 Å².